The third-order valence-electron chi connectivity index (χ3n) is 5.62. The van der Waals surface area contributed by atoms with Crippen molar-refractivity contribution in [3.8, 4) is 0 Å². The molecule has 1 saturated heterocycles. The molecule has 1 aromatic rings. The Kier molecular flexibility index (Phi) is 3.22. The summed E-state index contributed by atoms with van der Waals surface area (Å²) in [5.74, 6) is -0.482. The lowest BCUT2D eigenvalue weighted by molar-refractivity contribution is -0.137. The summed E-state index contributed by atoms with van der Waals surface area (Å²) < 4.78 is 4.94. The molecule has 0 unspecified atom stereocenters. The number of rotatable bonds is 1. The van der Waals surface area contributed by atoms with E-state index in [1.807, 2.05) is 24.3 Å². The first-order chi connectivity index (χ1) is 11.5. The molecule has 3 aliphatic rings. The van der Waals surface area contributed by atoms with Crippen molar-refractivity contribution in [2.45, 2.75) is 37.3 Å². The largest absolute Gasteiger partial charge is 0.466 e. The predicted octanol–water partition coefficient (Wildman–Crippen LogP) is 1.16. The van der Waals surface area contributed by atoms with E-state index in [0.29, 0.717) is 18.5 Å². The molecule has 2 N–H and O–H groups in total. The van der Waals surface area contributed by atoms with E-state index < -0.39 is 17.5 Å². The van der Waals surface area contributed by atoms with Crippen LogP contribution in [0.4, 0.5) is 5.69 Å². The fraction of sp³-hybridized carbons (Fsp3) is 0.444. The van der Waals surface area contributed by atoms with Gasteiger partial charge in [-0.05, 0) is 18.1 Å². The summed E-state index contributed by atoms with van der Waals surface area (Å²) in [6.07, 6.45) is 0.0510. The predicted molar refractivity (Wildman–Crippen MR) is 87.2 cm³/mol. The van der Waals surface area contributed by atoms with Gasteiger partial charge in [0.05, 0.1) is 30.2 Å². The lowest BCUT2D eigenvalue weighted by Gasteiger charge is -2.43. The zero-order valence-corrected chi connectivity index (χ0v) is 13.7. The Morgan fingerprint density at radius 3 is 2.83 bits per heavy atom. The van der Waals surface area contributed by atoms with Gasteiger partial charge >= 0.3 is 5.97 Å². The van der Waals surface area contributed by atoms with Gasteiger partial charge in [0.15, 0.2) is 0 Å². The molecule has 24 heavy (non-hydrogen) atoms. The molecule has 1 aliphatic carbocycles. The number of fused-ring (bicyclic) bond motifs is 1. The number of carbonyl (C=O) groups excluding carboxylic acids is 2. The van der Waals surface area contributed by atoms with Gasteiger partial charge in [0.25, 0.3) is 0 Å². The Morgan fingerprint density at radius 2 is 2.12 bits per heavy atom. The number of anilines is 1. The van der Waals surface area contributed by atoms with Crippen LogP contribution in [0.1, 0.15) is 25.3 Å². The second kappa shape index (κ2) is 5.08. The van der Waals surface area contributed by atoms with Gasteiger partial charge in [0, 0.05) is 31.3 Å². The first kappa shape index (κ1) is 15.2. The molecule has 0 aromatic heterocycles. The number of nitrogens with zero attached hydrogens (tertiary/aromatic N) is 1. The van der Waals surface area contributed by atoms with E-state index in [2.05, 4.69) is 5.32 Å². The number of hydrogen-bond acceptors (Lipinski definition) is 5. The standard InChI is InChI=1S/C18H20N2O4/c1-10(21)20-8-7-18-12-5-3-4-6-13(12)19-15(18)11(17(23)24-2)9-14(22)16(18)20/h3-6,14,16,19,22H,7-9H2,1-2H3/t14-,16+,18+/m1/s1. The molecule has 3 atom stereocenters. The molecule has 126 valence electrons. The van der Waals surface area contributed by atoms with Gasteiger partial charge in [-0.2, -0.15) is 0 Å². The molecule has 1 aromatic carbocycles. The summed E-state index contributed by atoms with van der Waals surface area (Å²) in [6, 6.07) is 7.49. The molecule has 6 nitrogen and oxygen atoms in total. The van der Waals surface area contributed by atoms with E-state index >= 15 is 0 Å². The van der Waals surface area contributed by atoms with Crippen molar-refractivity contribution in [2.75, 3.05) is 19.0 Å². The Labute approximate surface area is 140 Å². The smallest absolute Gasteiger partial charge is 0.335 e. The number of para-hydroxylation sites is 1. The van der Waals surface area contributed by atoms with Crippen molar-refractivity contribution < 1.29 is 19.4 Å². The van der Waals surface area contributed by atoms with Crippen molar-refractivity contribution in [2.24, 2.45) is 0 Å². The number of ether oxygens (including phenoxy) is 1. The number of amides is 1. The molecule has 4 rings (SSSR count). The maximum atomic E-state index is 12.3. The minimum absolute atomic E-state index is 0.0545. The van der Waals surface area contributed by atoms with Crippen LogP contribution in [0, 0.1) is 0 Å². The van der Waals surface area contributed by atoms with E-state index in [4.69, 9.17) is 4.74 Å². The van der Waals surface area contributed by atoms with Crippen LogP contribution < -0.4 is 5.32 Å². The number of benzene rings is 1. The molecule has 2 aliphatic heterocycles. The van der Waals surface area contributed by atoms with E-state index in [0.717, 1.165) is 16.9 Å². The Bertz CT molecular complexity index is 772. The average molecular weight is 328 g/mol. The molecule has 1 fully saturated rings. The van der Waals surface area contributed by atoms with Crippen LogP contribution in [0.5, 0.6) is 0 Å². The van der Waals surface area contributed by atoms with Gasteiger partial charge < -0.3 is 20.1 Å². The highest BCUT2D eigenvalue weighted by Gasteiger charge is 2.61. The minimum Gasteiger partial charge on any atom is -0.466 e. The quantitative estimate of drug-likeness (QED) is 0.757. The van der Waals surface area contributed by atoms with Crippen LogP contribution in [0.2, 0.25) is 0 Å². The second-order valence-electron chi connectivity index (χ2n) is 6.67. The number of esters is 1. The van der Waals surface area contributed by atoms with E-state index in [1.165, 1.54) is 14.0 Å². The van der Waals surface area contributed by atoms with Gasteiger partial charge in [-0.25, -0.2) is 4.79 Å². The molecular formula is C18H20N2O4. The minimum atomic E-state index is -0.804. The van der Waals surface area contributed by atoms with E-state index in [9.17, 15) is 14.7 Å². The summed E-state index contributed by atoms with van der Waals surface area (Å²) in [6.45, 7) is 2.09. The summed E-state index contributed by atoms with van der Waals surface area (Å²) in [5.41, 5.74) is 2.66. The maximum absolute atomic E-state index is 12.3. The zero-order chi connectivity index (χ0) is 17.1. The van der Waals surface area contributed by atoms with Crippen molar-refractivity contribution >= 4 is 17.6 Å². The van der Waals surface area contributed by atoms with E-state index in [1.54, 1.807) is 4.90 Å². The number of nitrogens with one attached hydrogen (secondary N) is 1. The molecule has 2 heterocycles. The average Bonchev–Trinajstić information content (AvgIpc) is 3.13. The second-order valence-corrected chi connectivity index (χ2v) is 6.67. The number of likely N-dealkylation sites (tertiary alicyclic amines) is 1. The highest BCUT2D eigenvalue weighted by molar-refractivity contribution is 5.93. The molecule has 1 amide bonds. The van der Waals surface area contributed by atoms with Gasteiger partial charge in [0.2, 0.25) is 5.91 Å². The number of aliphatic hydroxyl groups excluding tert-OH is 1. The van der Waals surface area contributed by atoms with Crippen LogP contribution in [0.3, 0.4) is 0 Å². The highest BCUT2D eigenvalue weighted by Crippen LogP contribution is 2.57. The maximum Gasteiger partial charge on any atom is 0.335 e. The Morgan fingerprint density at radius 1 is 1.38 bits per heavy atom. The molecule has 1 spiro atoms. The molecular weight excluding hydrogens is 308 g/mol. The number of hydrogen-bond donors (Lipinski definition) is 2. The van der Waals surface area contributed by atoms with Crippen molar-refractivity contribution in [3.63, 3.8) is 0 Å². The Balaban J connectivity index is 1.98. The first-order valence-electron chi connectivity index (χ1n) is 8.14. The number of methoxy groups -OCH3 is 1. The monoisotopic (exact) mass is 328 g/mol. The van der Waals surface area contributed by atoms with Crippen LogP contribution in [-0.4, -0.2) is 47.7 Å². The van der Waals surface area contributed by atoms with Gasteiger partial charge in [-0.15, -0.1) is 0 Å². The topological polar surface area (TPSA) is 78.9 Å². The fourth-order valence-electron chi connectivity index (χ4n) is 4.74. The number of carbonyl (C=O) groups is 2. The van der Waals surface area contributed by atoms with Gasteiger partial charge in [-0.1, -0.05) is 18.2 Å². The normalized spacial score (nSPS) is 30.4. The summed E-state index contributed by atoms with van der Waals surface area (Å²) >= 11 is 0. The van der Waals surface area contributed by atoms with Crippen LogP contribution in [0.15, 0.2) is 35.5 Å². The first-order valence-corrected chi connectivity index (χ1v) is 8.14. The summed E-state index contributed by atoms with van der Waals surface area (Å²) in [7, 11) is 1.35. The molecule has 0 radical (unpaired) electrons. The van der Waals surface area contributed by atoms with Gasteiger partial charge in [0.1, 0.15) is 0 Å². The zero-order valence-electron chi connectivity index (χ0n) is 13.7. The fourth-order valence-corrected chi connectivity index (χ4v) is 4.74. The lowest BCUT2D eigenvalue weighted by atomic mass is 9.66. The Hall–Kier alpha value is -2.34. The lowest BCUT2D eigenvalue weighted by Crippen LogP contribution is -2.55. The third kappa shape index (κ3) is 1.74. The van der Waals surface area contributed by atoms with Crippen molar-refractivity contribution in [1.82, 2.24) is 4.90 Å². The molecule has 0 saturated carbocycles. The molecule has 0 bridgehead atoms. The van der Waals surface area contributed by atoms with Crippen molar-refractivity contribution in [1.29, 1.82) is 0 Å². The summed E-state index contributed by atoms with van der Waals surface area (Å²) in [4.78, 5) is 26.1. The summed E-state index contributed by atoms with van der Waals surface area (Å²) in [5, 5.41) is 14.2. The number of aliphatic hydroxyl groups is 1. The third-order valence-corrected chi connectivity index (χ3v) is 5.62. The van der Waals surface area contributed by atoms with Gasteiger partial charge in [-0.3, -0.25) is 4.79 Å². The van der Waals surface area contributed by atoms with Crippen LogP contribution in [-0.2, 0) is 19.7 Å². The van der Waals surface area contributed by atoms with Crippen LogP contribution in [0.25, 0.3) is 0 Å². The highest BCUT2D eigenvalue weighted by atomic mass is 16.5. The van der Waals surface area contributed by atoms with Crippen molar-refractivity contribution in [3.05, 3.63) is 41.1 Å². The SMILES string of the molecule is COC(=O)C1=C2Nc3ccccc3[C@@]23CCN(C(C)=O)[C@H]3[C@H](O)C1. The van der Waals surface area contributed by atoms with Crippen LogP contribution >= 0.6 is 0 Å². The van der Waals surface area contributed by atoms with E-state index in [-0.39, 0.29) is 18.4 Å². The molecule has 6 heteroatoms.